The highest BCUT2D eigenvalue weighted by Gasteiger charge is 2.34. The summed E-state index contributed by atoms with van der Waals surface area (Å²) in [4.78, 5) is 26.8. The predicted molar refractivity (Wildman–Crippen MR) is 101 cm³/mol. The molecule has 2 amide bonds. The SMILES string of the molecule is CC1(C)COCCN1C(=O)c1ccc(NC(=O)Cc2ccccc2)cc1. The zero-order chi connectivity index (χ0) is 18.6. The summed E-state index contributed by atoms with van der Waals surface area (Å²) in [5.41, 5.74) is 1.94. The second-order valence-corrected chi connectivity index (χ2v) is 7.11. The van der Waals surface area contributed by atoms with Crippen LogP contribution in [0.1, 0.15) is 29.8 Å². The Labute approximate surface area is 154 Å². The Balaban J connectivity index is 1.63. The number of anilines is 1. The summed E-state index contributed by atoms with van der Waals surface area (Å²) in [5.74, 6) is -0.0925. The van der Waals surface area contributed by atoms with Crippen LogP contribution >= 0.6 is 0 Å². The summed E-state index contributed by atoms with van der Waals surface area (Å²) >= 11 is 0. The zero-order valence-corrected chi connectivity index (χ0v) is 15.2. The normalized spacial score (nSPS) is 16.2. The van der Waals surface area contributed by atoms with E-state index in [1.807, 2.05) is 49.1 Å². The highest BCUT2D eigenvalue weighted by Crippen LogP contribution is 2.22. The Morgan fingerprint density at radius 2 is 1.77 bits per heavy atom. The quantitative estimate of drug-likeness (QED) is 0.920. The maximum absolute atomic E-state index is 12.8. The molecule has 1 aliphatic rings. The molecule has 2 aromatic carbocycles. The Morgan fingerprint density at radius 1 is 1.08 bits per heavy atom. The zero-order valence-electron chi connectivity index (χ0n) is 15.2. The summed E-state index contributed by atoms with van der Waals surface area (Å²) in [6.07, 6.45) is 0.323. The lowest BCUT2D eigenvalue weighted by Crippen LogP contribution is -2.55. The molecule has 0 radical (unpaired) electrons. The van der Waals surface area contributed by atoms with Crippen LogP contribution in [0.15, 0.2) is 54.6 Å². The number of benzene rings is 2. The minimum absolute atomic E-state index is 0.0135. The number of carbonyl (C=O) groups is 2. The van der Waals surface area contributed by atoms with E-state index < -0.39 is 0 Å². The third-order valence-corrected chi connectivity index (χ3v) is 4.51. The molecule has 1 saturated heterocycles. The van der Waals surface area contributed by atoms with Crippen molar-refractivity contribution in [3.05, 3.63) is 65.7 Å². The molecule has 0 bridgehead atoms. The Bertz CT molecular complexity index is 770. The topological polar surface area (TPSA) is 58.6 Å². The first-order valence-corrected chi connectivity index (χ1v) is 8.79. The molecule has 136 valence electrons. The number of hydrogen-bond acceptors (Lipinski definition) is 3. The van der Waals surface area contributed by atoms with Gasteiger partial charge < -0.3 is 15.0 Å². The molecule has 26 heavy (non-hydrogen) atoms. The van der Waals surface area contributed by atoms with Gasteiger partial charge in [0.05, 0.1) is 25.2 Å². The molecule has 3 rings (SSSR count). The van der Waals surface area contributed by atoms with Gasteiger partial charge in [-0.25, -0.2) is 0 Å². The average Bonchev–Trinajstić information content (AvgIpc) is 2.62. The van der Waals surface area contributed by atoms with Crippen molar-refractivity contribution in [2.75, 3.05) is 25.1 Å². The molecule has 1 N–H and O–H groups in total. The van der Waals surface area contributed by atoms with Crippen LogP contribution in [-0.4, -0.2) is 42.0 Å². The minimum atomic E-state index is -0.322. The maximum atomic E-state index is 12.8. The Morgan fingerprint density at radius 3 is 2.42 bits per heavy atom. The van der Waals surface area contributed by atoms with Crippen molar-refractivity contribution in [3.63, 3.8) is 0 Å². The number of carbonyl (C=O) groups excluding carboxylic acids is 2. The van der Waals surface area contributed by atoms with Crippen LogP contribution in [0.5, 0.6) is 0 Å². The van der Waals surface area contributed by atoms with Crippen LogP contribution in [0.3, 0.4) is 0 Å². The minimum Gasteiger partial charge on any atom is -0.377 e. The number of nitrogens with zero attached hydrogens (tertiary/aromatic N) is 1. The van der Waals surface area contributed by atoms with Crippen molar-refractivity contribution < 1.29 is 14.3 Å². The van der Waals surface area contributed by atoms with Gasteiger partial charge in [0, 0.05) is 17.8 Å². The second-order valence-electron chi connectivity index (χ2n) is 7.11. The lowest BCUT2D eigenvalue weighted by atomic mass is 10.0. The van der Waals surface area contributed by atoms with E-state index in [0.29, 0.717) is 37.4 Å². The molecule has 5 heteroatoms. The molecule has 2 aromatic rings. The first kappa shape index (κ1) is 18.1. The lowest BCUT2D eigenvalue weighted by molar-refractivity contribution is -0.115. The maximum Gasteiger partial charge on any atom is 0.254 e. The van der Waals surface area contributed by atoms with Gasteiger partial charge in [-0.15, -0.1) is 0 Å². The fourth-order valence-corrected chi connectivity index (χ4v) is 3.07. The third-order valence-electron chi connectivity index (χ3n) is 4.51. The van der Waals surface area contributed by atoms with Gasteiger partial charge in [0.25, 0.3) is 5.91 Å². The summed E-state index contributed by atoms with van der Waals surface area (Å²) in [7, 11) is 0. The van der Waals surface area contributed by atoms with Crippen molar-refractivity contribution >= 4 is 17.5 Å². The fraction of sp³-hybridized carbons (Fsp3) is 0.333. The molecule has 5 nitrogen and oxygen atoms in total. The van der Waals surface area contributed by atoms with Gasteiger partial charge in [0.2, 0.25) is 5.91 Å². The molecular weight excluding hydrogens is 328 g/mol. The molecule has 1 aliphatic heterocycles. The van der Waals surface area contributed by atoms with Crippen LogP contribution in [0.25, 0.3) is 0 Å². The van der Waals surface area contributed by atoms with Gasteiger partial charge in [-0.05, 0) is 43.7 Å². The molecule has 1 heterocycles. The van der Waals surface area contributed by atoms with Gasteiger partial charge in [0.15, 0.2) is 0 Å². The fourth-order valence-electron chi connectivity index (χ4n) is 3.07. The number of ether oxygens (including phenoxy) is 1. The van der Waals surface area contributed by atoms with E-state index in [1.54, 1.807) is 24.3 Å². The van der Waals surface area contributed by atoms with Gasteiger partial charge in [-0.1, -0.05) is 30.3 Å². The number of hydrogen-bond donors (Lipinski definition) is 1. The summed E-state index contributed by atoms with van der Waals surface area (Å²) in [6.45, 7) is 5.68. The summed E-state index contributed by atoms with van der Waals surface area (Å²) < 4.78 is 5.47. The van der Waals surface area contributed by atoms with E-state index in [0.717, 1.165) is 5.56 Å². The Hall–Kier alpha value is -2.66. The summed E-state index contributed by atoms with van der Waals surface area (Å²) in [6, 6.07) is 16.6. The van der Waals surface area contributed by atoms with Crippen LogP contribution in [0.4, 0.5) is 5.69 Å². The first-order chi connectivity index (χ1) is 12.5. The van der Waals surface area contributed by atoms with Crippen molar-refractivity contribution in [1.29, 1.82) is 0 Å². The van der Waals surface area contributed by atoms with Gasteiger partial charge >= 0.3 is 0 Å². The molecule has 0 aromatic heterocycles. The number of amides is 2. The standard InChI is InChI=1S/C21H24N2O3/c1-21(2)15-26-13-12-23(21)20(25)17-8-10-18(11-9-17)22-19(24)14-16-6-4-3-5-7-16/h3-11H,12-15H2,1-2H3,(H,22,24). The van der Waals surface area contributed by atoms with Gasteiger partial charge in [-0.3, -0.25) is 9.59 Å². The second kappa shape index (κ2) is 7.70. The molecule has 0 aliphatic carbocycles. The molecule has 0 saturated carbocycles. The highest BCUT2D eigenvalue weighted by molar-refractivity contribution is 5.96. The highest BCUT2D eigenvalue weighted by atomic mass is 16.5. The van der Waals surface area contributed by atoms with E-state index in [4.69, 9.17) is 4.74 Å². The van der Waals surface area contributed by atoms with Crippen molar-refractivity contribution in [1.82, 2.24) is 4.90 Å². The van der Waals surface area contributed by atoms with E-state index in [1.165, 1.54) is 0 Å². The smallest absolute Gasteiger partial charge is 0.254 e. The first-order valence-electron chi connectivity index (χ1n) is 8.79. The van der Waals surface area contributed by atoms with Gasteiger partial charge in [0.1, 0.15) is 0 Å². The van der Waals surface area contributed by atoms with E-state index >= 15 is 0 Å². The van der Waals surface area contributed by atoms with Gasteiger partial charge in [-0.2, -0.15) is 0 Å². The number of rotatable bonds is 4. The van der Waals surface area contributed by atoms with Crippen molar-refractivity contribution in [2.24, 2.45) is 0 Å². The number of morpholine rings is 1. The molecular formula is C21H24N2O3. The van der Waals surface area contributed by atoms with Crippen molar-refractivity contribution in [2.45, 2.75) is 25.8 Å². The van der Waals surface area contributed by atoms with E-state index in [9.17, 15) is 9.59 Å². The molecule has 0 unspecified atom stereocenters. The van der Waals surface area contributed by atoms with Crippen LogP contribution < -0.4 is 5.32 Å². The predicted octanol–water partition coefficient (Wildman–Crippen LogP) is 3.12. The van der Waals surface area contributed by atoms with E-state index in [-0.39, 0.29) is 17.4 Å². The van der Waals surface area contributed by atoms with E-state index in [2.05, 4.69) is 5.32 Å². The van der Waals surface area contributed by atoms with Crippen LogP contribution in [-0.2, 0) is 16.0 Å². The Kier molecular flexibility index (Phi) is 5.38. The summed E-state index contributed by atoms with van der Waals surface area (Å²) in [5, 5.41) is 2.87. The average molecular weight is 352 g/mol. The monoisotopic (exact) mass is 352 g/mol. The molecule has 0 spiro atoms. The van der Waals surface area contributed by atoms with Crippen molar-refractivity contribution in [3.8, 4) is 0 Å². The third kappa shape index (κ3) is 4.29. The number of nitrogens with one attached hydrogen (secondary N) is 1. The molecule has 1 fully saturated rings. The van der Waals surface area contributed by atoms with Crippen LogP contribution in [0.2, 0.25) is 0 Å². The lowest BCUT2D eigenvalue weighted by Gasteiger charge is -2.42. The van der Waals surface area contributed by atoms with Crippen LogP contribution in [0, 0.1) is 0 Å². The molecule has 0 atom stereocenters. The largest absolute Gasteiger partial charge is 0.377 e.